The molecule has 0 radical (unpaired) electrons. The Morgan fingerprint density at radius 2 is 1.84 bits per heavy atom. The number of carbonyl (C=O) groups is 4. The van der Waals surface area contributed by atoms with Gasteiger partial charge in [-0.05, 0) is 47.7 Å². The number of hydrogen-bond donors (Lipinski definition) is 1. The summed E-state index contributed by atoms with van der Waals surface area (Å²) in [6, 6.07) is 11.8. The van der Waals surface area contributed by atoms with Crippen LogP contribution in [0.25, 0.3) is 6.08 Å². The molecule has 10 nitrogen and oxygen atoms in total. The van der Waals surface area contributed by atoms with E-state index in [0.717, 1.165) is 16.7 Å². The number of hydrogen-bond acceptors (Lipinski definition) is 8. The molecule has 0 atom stereocenters. The molecule has 1 aliphatic heterocycles. The molecule has 0 unspecified atom stereocenters. The van der Waals surface area contributed by atoms with Crippen molar-refractivity contribution in [2.75, 3.05) is 13.1 Å². The minimum absolute atomic E-state index is 0.00388. The van der Waals surface area contributed by atoms with Crippen molar-refractivity contribution in [2.45, 2.75) is 6.92 Å². The molecule has 2 aromatic rings. The molecule has 1 aliphatic rings. The maximum Gasteiger partial charge on any atom is 0.308 e. The first-order valence-corrected chi connectivity index (χ1v) is 10.1. The van der Waals surface area contributed by atoms with E-state index < -0.39 is 27.9 Å². The Labute approximate surface area is 186 Å². The number of ether oxygens (including phenoxy) is 1. The molecule has 1 saturated heterocycles. The molecule has 3 rings (SSSR count). The number of non-ortho nitro benzene ring substituents is 1. The van der Waals surface area contributed by atoms with Crippen LogP contribution in [-0.2, 0) is 9.59 Å². The molecule has 1 fully saturated rings. The number of nitrogens with one attached hydrogen (secondary N) is 1. The smallest absolute Gasteiger partial charge is 0.308 e. The summed E-state index contributed by atoms with van der Waals surface area (Å²) >= 11 is 0.746. The average Bonchev–Trinajstić information content (AvgIpc) is 3.01. The number of para-hydroxylation sites is 1. The maximum atomic E-state index is 12.6. The van der Waals surface area contributed by atoms with E-state index in [-0.39, 0.29) is 35.0 Å². The second kappa shape index (κ2) is 9.88. The predicted molar refractivity (Wildman–Crippen MR) is 116 cm³/mol. The number of nitrogens with zero attached hydrogens (tertiary/aromatic N) is 2. The first-order chi connectivity index (χ1) is 15.3. The lowest BCUT2D eigenvalue weighted by Crippen LogP contribution is -2.37. The Hall–Kier alpha value is -3.99. The van der Waals surface area contributed by atoms with Gasteiger partial charge in [-0.15, -0.1) is 0 Å². The fourth-order valence-corrected chi connectivity index (χ4v) is 3.68. The fourth-order valence-electron chi connectivity index (χ4n) is 2.81. The number of thioether (sulfide) groups is 1. The molecule has 164 valence electrons. The van der Waals surface area contributed by atoms with Crippen molar-refractivity contribution < 1.29 is 28.8 Å². The van der Waals surface area contributed by atoms with Gasteiger partial charge in [0.15, 0.2) is 0 Å². The number of imide groups is 1. The lowest BCUT2D eigenvalue weighted by atomic mass is 10.2. The summed E-state index contributed by atoms with van der Waals surface area (Å²) in [5.41, 5.74) is 0.604. The van der Waals surface area contributed by atoms with E-state index in [1.54, 1.807) is 12.1 Å². The predicted octanol–water partition coefficient (Wildman–Crippen LogP) is 2.99. The quantitative estimate of drug-likeness (QED) is 0.221. The standard InChI is InChI=1S/C21H17N3O7S/c1-13(25)31-17-5-3-2-4-16(17)19(26)22-10-11-23-20(27)18(32-21(23)28)12-14-6-8-15(9-7-14)24(29)30/h2-9,12H,10-11H2,1H3,(H,22,26)/b18-12+. The minimum Gasteiger partial charge on any atom is -0.426 e. The number of nitro benzene ring substituents is 1. The van der Waals surface area contributed by atoms with Crippen molar-refractivity contribution in [3.8, 4) is 5.75 Å². The molecule has 1 N–H and O–H groups in total. The molecule has 11 heteroatoms. The van der Waals surface area contributed by atoms with E-state index in [0.29, 0.717) is 5.56 Å². The first-order valence-electron chi connectivity index (χ1n) is 9.31. The van der Waals surface area contributed by atoms with Crippen molar-refractivity contribution in [1.29, 1.82) is 0 Å². The topological polar surface area (TPSA) is 136 Å². The Morgan fingerprint density at radius 3 is 2.50 bits per heavy atom. The Morgan fingerprint density at radius 1 is 1.16 bits per heavy atom. The van der Waals surface area contributed by atoms with Gasteiger partial charge < -0.3 is 10.1 Å². The molecule has 3 amide bonds. The van der Waals surface area contributed by atoms with Crippen molar-refractivity contribution in [3.05, 3.63) is 74.7 Å². The second-order valence-corrected chi connectivity index (χ2v) is 7.52. The summed E-state index contributed by atoms with van der Waals surface area (Å²) in [5.74, 6) is -1.50. The molecule has 0 saturated carbocycles. The van der Waals surface area contributed by atoms with Crippen LogP contribution in [0.4, 0.5) is 10.5 Å². The Bertz CT molecular complexity index is 1130. The van der Waals surface area contributed by atoms with Gasteiger partial charge in [0.25, 0.3) is 22.7 Å². The zero-order chi connectivity index (χ0) is 23.3. The highest BCUT2D eigenvalue weighted by molar-refractivity contribution is 8.18. The van der Waals surface area contributed by atoms with Crippen LogP contribution in [0.2, 0.25) is 0 Å². The van der Waals surface area contributed by atoms with E-state index in [1.807, 2.05) is 0 Å². The highest BCUT2D eigenvalue weighted by Crippen LogP contribution is 2.32. The minimum atomic E-state index is -0.567. The van der Waals surface area contributed by atoms with Crippen molar-refractivity contribution in [1.82, 2.24) is 10.2 Å². The van der Waals surface area contributed by atoms with Crippen molar-refractivity contribution >= 4 is 46.5 Å². The number of carbonyl (C=O) groups excluding carboxylic acids is 4. The third-order valence-electron chi connectivity index (χ3n) is 4.28. The number of esters is 1. The molecule has 2 aromatic carbocycles. The van der Waals surface area contributed by atoms with Gasteiger partial charge in [0.1, 0.15) is 5.75 Å². The Kier molecular flexibility index (Phi) is 7.00. The molecule has 0 spiro atoms. The highest BCUT2D eigenvalue weighted by Gasteiger charge is 2.34. The molecular formula is C21H17N3O7S. The zero-order valence-corrected chi connectivity index (χ0v) is 17.6. The number of rotatable bonds is 7. The van der Waals surface area contributed by atoms with E-state index >= 15 is 0 Å². The fraction of sp³-hybridized carbons (Fsp3) is 0.143. The highest BCUT2D eigenvalue weighted by atomic mass is 32.2. The van der Waals surface area contributed by atoms with Crippen molar-refractivity contribution in [3.63, 3.8) is 0 Å². The molecular weight excluding hydrogens is 438 g/mol. The van der Waals surface area contributed by atoms with E-state index in [9.17, 15) is 29.3 Å². The van der Waals surface area contributed by atoms with Gasteiger partial charge in [0.05, 0.1) is 15.4 Å². The average molecular weight is 455 g/mol. The van der Waals surface area contributed by atoms with Crippen LogP contribution in [0.1, 0.15) is 22.8 Å². The molecule has 0 aliphatic carbocycles. The van der Waals surface area contributed by atoms with Crippen LogP contribution in [0.5, 0.6) is 5.75 Å². The summed E-state index contributed by atoms with van der Waals surface area (Å²) in [4.78, 5) is 59.7. The second-order valence-electron chi connectivity index (χ2n) is 6.53. The SMILES string of the molecule is CC(=O)Oc1ccccc1C(=O)NCCN1C(=O)S/C(=C/c2ccc([N+](=O)[O-])cc2)C1=O. The van der Waals surface area contributed by atoms with Crippen LogP contribution >= 0.6 is 11.8 Å². The summed E-state index contributed by atoms with van der Waals surface area (Å²) < 4.78 is 5.00. The third-order valence-corrected chi connectivity index (χ3v) is 5.19. The van der Waals surface area contributed by atoms with E-state index in [4.69, 9.17) is 4.74 Å². The number of benzene rings is 2. The van der Waals surface area contributed by atoms with Crippen LogP contribution in [0, 0.1) is 10.1 Å². The monoisotopic (exact) mass is 455 g/mol. The van der Waals surface area contributed by atoms with E-state index in [1.165, 1.54) is 49.4 Å². The lowest BCUT2D eigenvalue weighted by Gasteiger charge is -2.14. The normalized spacial score (nSPS) is 14.5. The zero-order valence-electron chi connectivity index (χ0n) is 16.8. The van der Waals surface area contributed by atoms with Gasteiger partial charge in [-0.2, -0.15) is 0 Å². The summed E-state index contributed by atoms with van der Waals surface area (Å²) in [5, 5.41) is 12.8. The van der Waals surface area contributed by atoms with Gasteiger partial charge in [-0.3, -0.25) is 34.2 Å². The Balaban J connectivity index is 1.61. The number of nitro groups is 1. The molecule has 0 aromatic heterocycles. The molecule has 32 heavy (non-hydrogen) atoms. The maximum absolute atomic E-state index is 12.6. The van der Waals surface area contributed by atoms with E-state index in [2.05, 4.69) is 5.32 Å². The summed E-state index contributed by atoms with van der Waals surface area (Å²) in [6.07, 6.45) is 1.47. The summed E-state index contributed by atoms with van der Waals surface area (Å²) in [7, 11) is 0. The van der Waals surface area contributed by atoms with Crippen LogP contribution in [-0.4, -0.2) is 45.9 Å². The largest absolute Gasteiger partial charge is 0.426 e. The van der Waals surface area contributed by atoms with Crippen LogP contribution in [0.3, 0.4) is 0 Å². The van der Waals surface area contributed by atoms with Gasteiger partial charge in [0, 0.05) is 32.1 Å². The molecule has 0 bridgehead atoms. The third kappa shape index (κ3) is 5.38. The lowest BCUT2D eigenvalue weighted by molar-refractivity contribution is -0.384. The van der Waals surface area contributed by atoms with Crippen LogP contribution < -0.4 is 10.1 Å². The molecule has 1 heterocycles. The van der Waals surface area contributed by atoms with Crippen molar-refractivity contribution in [2.24, 2.45) is 0 Å². The summed E-state index contributed by atoms with van der Waals surface area (Å²) in [6.45, 7) is 1.17. The van der Waals surface area contributed by atoms with Gasteiger partial charge in [0.2, 0.25) is 0 Å². The number of amides is 3. The van der Waals surface area contributed by atoms with Crippen LogP contribution in [0.15, 0.2) is 53.4 Å². The van der Waals surface area contributed by atoms with Gasteiger partial charge in [-0.25, -0.2) is 0 Å². The first kappa shape index (κ1) is 22.7. The van der Waals surface area contributed by atoms with Gasteiger partial charge in [-0.1, -0.05) is 12.1 Å². The van der Waals surface area contributed by atoms with Gasteiger partial charge >= 0.3 is 5.97 Å².